The van der Waals surface area contributed by atoms with Crippen molar-refractivity contribution in [1.29, 1.82) is 0 Å². The first kappa shape index (κ1) is 52.0. The first-order valence-corrected chi connectivity index (χ1v) is 29.1. The maximum atomic E-state index is 13.5. The average molecular weight is 939 g/mol. The van der Waals surface area contributed by atoms with E-state index in [1.807, 2.05) is 0 Å². The van der Waals surface area contributed by atoms with Gasteiger partial charge in [-0.2, -0.15) is 5.48 Å². The van der Waals surface area contributed by atoms with Crippen molar-refractivity contribution in [1.82, 2.24) is 10.8 Å². The van der Waals surface area contributed by atoms with Crippen LogP contribution in [-0.4, -0.2) is 72.0 Å². The Morgan fingerprint density at radius 3 is 1.48 bits per heavy atom. The standard InChI is InChI=1S/C57H98N2O8/c1-57(2,45-16-24-49(25-17-45)66-51-28-20-47(21-29-51)58-55(60)53-32-14-42(36-54(53)56(61)62)34-40-11-7-4-8-12-40)46-18-26-50(27-19-46)67-52-30-22-48(23-31-52)59-64-37-43-15-13-41(35-44(43)38-65-63)33-39-9-5-3-6-10-39/h39-54,59,63H,3-38H2,1-2H3,(H,58,60)(H,61,62). The molecule has 8 rings (SSSR count). The van der Waals surface area contributed by atoms with E-state index in [1.165, 1.54) is 128 Å². The maximum absolute atomic E-state index is 13.5. The van der Waals surface area contributed by atoms with Crippen LogP contribution in [0.4, 0.5) is 0 Å². The lowest BCUT2D eigenvalue weighted by atomic mass is 9.60. The van der Waals surface area contributed by atoms with Gasteiger partial charge in [0.1, 0.15) is 0 Å². The highest BCUT2D eigenvalue weighted by atomic mass is 17.1. The second-order valence-electron chi connectivity index (χ2n) is 25.1. The molecule has 8 aliphatic carbocycles. The third-order valence-corrected chi connectivity index (χ3v) is 20.4. The molecule has 10 nitrogen and oxygen atoms in total. The van der Waals surface area contributed by atoms with Crippen LogP contribution in [0.25, 0.3) is 0 Å². The van der Waals surface area contributed by atoms with E-state index < -0.39 is 11.9 Å². The van der Waals surface area contributed by atoms with Crippen molar-refractivity contribution in [2.45, 2.75) is 269 Å². The number of hydroxylamine groups is 1. The van der Waals surface area contributed by atoms with E-state index in [1.54, 1.807) is 0 Å². The molecule has 8 saturated carbocycles. The van der Waals surface area contributed by atoms with Crippen molar-refractivity contribution in [2.75, 3.05) is 13.2 Å². The predicted molar refractivity (Wildman–Crippen MR) is 264 cm³/mol. The number of carboxylic acids is 1. The maximum Gasteiger partial charge on any atom is 0.307 e. The average Bonchev–Trinajstić information content (AvgIpc) is 3.34. The monoisotopic (exact) mass is 939 g/mol. The van der Waals surface area contributed by atoms with Gasteiger partial charge in [-0.3, -0.25) is 14.8 Å². The molecule has 0 radical (unpaired) electrons. The Bertz CT molecular complexity index is 1450. The number of carbonyl (C=O) groups is 2. The summed E-state index contributed by atoms with van der Waals surface area (Å²) in [6, 6.07) is 0.535. The minimum Gasteiger partial charge on any atom is -0.481 e. The molecule has 67 heavy (non-hydrogen) atoms. The molecule has 0 saturated heterocycles. The summed E-state index contributed by atoms with van der Waals surface area (Å²) in [4.78, 5) is 36.8. The van der Waals surface area contributed by atoms with Crippen molar-refractivity contribution >= 4 is 11.9 Å². The zero-order chi connectivity index (χ0) is 46.6. The second kappa shape index (κ2) is 25.9. The largest absolute Gasteiger partial charge is 0.481 e. The number of hydrogen-bond acceptors (Lipinski definition) is 8. The fourth-order valence-corrected chi connectivity index (χ4v) is 16.0. The van der Waals surface area contributed by atoms with Gasteiger partial charge in [0.2, 0.25) is 5.91 Å². The highest BCUT2D eigenvalue weighted by Gasteiger charge is 2.43. The Morgan fingerprint density at radius 2 is 0.970 bits per heavy atom. The van der Waals surface area contributed by atoms with Crippen molar-refractivity contribution in [3.63, 3.8) is 0 Å². The smallest absolute Gasteiger partial charge is 0.307 e. The molecular formula is C57H98N2O8. The lowest BCUT2D eigenvalue weighted by molar-refractivity contribution is -0.258. The molecule has 8 fully saturated rings. The molecule has 10 heteroatoms. The third-order valence-electron chi connectivity index (χ3n) is 20.4. The molecule has 0 aromatic carbocycles. The van der Waals surface area contributed by atoms with E-state index in [2.05, 4.69) is 24.6 Å². The number of carboxylic acid groups (broad SMARTS) is 1. The van der Waals surface area contributed by atoms with Gasteiger partial charge in [-0.15, -0.1) is 0 Å². The molecule has 0 spiro atoms. The summed E-state index contributed by atoms with van der Waals surface area (Å²) in [6.07, 6.45) is 41.6. The van der Waals surface area contributed by atoms with Crippen molar-refractivity contribution in [3.8, 4) is 0 Å². The topological polar surface area (TPSA) is 136 Å². The van der Waals surface area contributed by atoms with Crippen LogP contribution in [0.2, 0.25) is 0 Å². The fourth-order valence-electron chi connectivity index (χ4n) is 16.0. The predicted octanol–water partition coefficient (Wildman–Crippen LogP) is 13.0. The van der Waals surface area contributed by atoms with Crippen LogP contribution in [0.1, 0.15) is 232 Å². The Hall–Kier alpha value is -1.30. The van der Waals surface area contributed by atoms with Gasteiger partial charge in [0.25, 0.3) is 0 Å². The van der Waals surface area contributed by atoms with E-state index in [-0.39, 0.29) is 24.0 Å². The molecule has 0 bridgehead atoms. The number of rotatable bonds is 19. The Morgan fingerprint density at radius 1 is 0.493 bits per heavy atom. The molecule has 6 unspecified atom stereocenters. The van der Waals surface area contributed by atoms with Gasteiger partial charge in [-0.1, -0.05) is 84.5 Å². The molecule has 0 aliphatic heterocycles. The van der Waals surface area contributed by atoms with Gasteiger partial charge >= 0.3 is 5.97 Å². The zero-order valence-corrected chi connectivity index (χ0v) is 42.5. The van der Waals surface area contributed by atoms with Crippen LogP contribution in [-0.2, 0) is 28.8 Å². The molecular weight excluding hydrogens is 841 g/mol. The summed E-state index contributed by atoms with van der Waals surface area (Å²) in [5, 5.41) is 22.8. The Kier molecular flexibility index (Phi) is 20.1. The zero-order valence-electron chi connectivity index (χ0n) is 42.5. The first-order valence-electron chi connectivity index (χ1n) is 29.1. The number of carbonyl (C=O) groups excluding carboxylic acids is 1. The van der Waals surface area contributed by atoms with E-state index in [0.29, 0.717) is 67.2 Å². The fraction of sp³-hybridized carbons (Fsp3) is 0.965. The second-order valence-corrected chi connectivity index (χ2v) is 25.1. The van der Waals surface area contributed by atoms with Crippen LogP contribution in [0.3, 0.4) is 0 Å². The van der Waals surface area contributed by atoms with Crippen LogP contribution in [0.5, 0.6) is 0 Å². The van der Waals surface area contributed by atoms with E-state index in [0.717, 1.165) is 113 Å². The Labute approximate surface area is 406 Å². The summed E-state index contributed by atoms with van der Waals surface area (Å²) < 4.78 is 13.6. The third kappa shape index (κ3) is 15.1. The Balaban J connectivity index is 0.663. The molecule has 4 N–H and O–H groups in total. The van der Waals surface area contributed by atoms with Gasteiger partial charge in [-0.05, 0) is 200 Å². The van der Waals surface area contributed by atoms with Crippen molar-refractivity contribution < 1.29 is 39.2 Å². The summed E-state index contributed by atoms with van der Waals surface area (Å²) in [5.74, 6) is 3.52. The van der Waals surface area contributed by atoms with Gasteiger partial charge in [0, 0.05) is 12.1 Å². The molecule has 6 atom stereocenters. The van der Waals surface area contributed by atoms with Gasteiger partial charge in [0.15, 0.2) is 0 Å². The normalized spacial score (nSPS) is 38.9. The summed E-state index contributed by atoms with van der Waals surface area (Å²) in [5.41, 5.74) is 3.78. The summed E-state index contributed by atoms with van der Waals surface area (Å²) in [7, 11) is 0. The lowest BCUT2D eigenvalue weighted by Gasteiger charge is -2.47. The molecule has 0 aromatic heterocycles. The first-order chi connectivity index (χ1) is 32.6. The van der Waals surface area contributed by atoms with E-state index in [9.17, 15) is 20.0 Å². The minimum atomic E-state index is -0.779. The highest BCUT2D eigenvalue weighted by molar-refractivity contribution is 5.85. The summed E-state index contributed by atoms with van der Waals surface area (Å²) in [6.45, 7) is 6.26. The highest BCUT2D eigenvalue weighted by Crippen LogP contribution is 2.50. The van der Waals surface area contributed by atoms with Gasteiger partial charge in [-0.25, -0.2) is 4.89 Å². The van der Waals surface area contributed by atoms with Crippen LogP contribution in [0, 0.1) is 64.6 Å². The van der Waals surface area contributed by atoms with E-state index in [4.69, 9.17) is 19.2 Å². The molecule has 8 aliphatic rings. The van der Waals surface area contributed by atoms with Crippen LogP contribution >= 0.6 is 0 Å². The molecule has 384 valence electrons. The number of nitrogens with one attached hydrogen (secondary N) is 2. The van der Waals surface area contributed by atoms with Crippen LogP contribution < -0.4 is 10.8 Å². The quantitative estimate of drug-likeness (QED) is 0.0737. The van der Waals surface area contributed by atoms with Crippen LogP contribution in [0.15, 0.2) is 0 Å². The number of amides is 1. The lowest BCUT2D eigenvalue weighted by Crippen LogP contribution is -2.47. The number of hydrogen-bond donors (Lipinski definition) is 4. The molecule has 0 heterocycles. The minimum absolute atomic E-state index is 0.0137. The van der Waals surface area contributed by atoms with Crippen molar-refractivity contribution in [2.24, 2.45) is 64.6 Å². The summed E-state index contributed by atoms with van der Waals surface area (Å²) >= 11 is 0. The number of ether oxygens (including phenoxy) is 2. The van der Waals surface area contributed by atoms with Crippen molar-refractivity contribution in [3.05, 3.63) is 0 Å². The number of aliphatic carboxylic acids is 1. The van der Waals surface area contributed by atoms with Gasteiger partial charge < -0.3 is 24.7 Å². The van der Waals surface area contributed by atoms with Gasteiger partial charge in [0.05, 0.1) is 49.5 Å². The molecule has 1 amide bonds. The SMILES string of the molecule is CC(C)(C1CCC(OC2CCC(NOCC3CCC(CC4CCCCC4)CC3COO)CC2)CC1)C1CCC(OC2CCC(NC(=O)C3CCC(CC4CCCCC4)CC3C(=O)O)CC2)CC1. The van der Waals surface area contributed by atoms with E-state index >= 15 is 0 Å². The molecule has 0 aromatic rings.